The fourth-order valence-electron chi connectivity index (χ4n) is 2.02. The Morgan fingerprint density at radius 1 is 1.00 bits per heavy atom. The minimum atomic E-state index is 0.490. The van der Waals surface area contributed by atoms with E-state index in [9.17, 15) is 0 Å². The van der Waals surface area contributed by atoms with Gasteiger partial charge in [-0.15, -0.1) is 0 Å². The maximum atomic E-state index is 5.86. The maximum Gasteiger partial charge on any atom is 0.131 e. The third-order valence-electron chi connectivity index (χ3n) is 2.95. The van der Waals surface area contributed by atoms with Crippen LogP contribution in [-0.4, -0.2) is 9.97 Å². The molecule has 2 aromatic heterocycles. The number of hydrogen-bond acceptors (Lipinski definition) is 3. The molecule has 0 aliphatic rings. The zero-order chi connectivity index (χ0) is 13.1. The first kappa shape index (κ1) is 11.9. The number of hydrogen-bond donors (Lipinski definition) is 1. The number of aromatic nitrogens is 2. The summed E-state index contributed by atoms with van der Waals surface area (Å²) >= 11 is 5.86. The van der Waals surface area contributed by atoms with E-state index >= 15 is 0 Å². The van der Waals surface area contributed by atoms with Gasteiger partial charge < -0.3 is 5.32 Å². The van der Waals surface area contributed by atoms with E-state index in [1.807, 2.05) is 42.6 Å². The van der Waals surface area contributed by atoms with Gasteiger partial charge in [0.2, 0.25) is 0 Å². The van der Waals surface area contributed by atoms with Gasteiger partial charge in [0.1, 0.15) is 5.15 Å². The molecule has 4 heteroatoms. The average Bonchev–Trinajstić information content (AvgIpc) is 2.45. The van der Waals surface area contributed by atoms with Crippen LogP contribution in [0.15, 0.2) is 54.9 Å². The highest BCUT2D eigenvalue weighted by atomic mass is 35.5. The third kappa shape index (κ3) is 2.66. The number of nitrogens with one attached hydrogen (secondary N) is 1. The molecule has 0 unspecified atom stereocenters. The monoisotopic (exact) mass is 269 g/mol. The van der Waals surface area contributed by atoms with Gasteiger partial charge in [-0.05, 0) is 29.8 Å². The summed E-state index contributed by atoms with van der Waals surface area (Å²) in [5.41, 5.74) is 3.17. The van der Waals surface area contributed by atoms with Gasteiger partial charge in [-0.1, -0.05) is 29.8 Å². The quantitative estimate of drug-likeness (QED) is 0.733. The van der Waals surface area contributed by atoms with Gasteiger partial charge in [-0.25, -0.2) is 4.98 Å². The molecular formula is C15H12ClN3. The number of rotatable bonds is 3. The Bertz CT molecular complexity index is 707. The van der Waals surface area contributed by atoms with Crippen molar-refractivity contribution in [2.45, 2.75) is 6.54 Å². The lowest BCUT2D eigenvalue weighted by Crippen LogP contribution is -2.00. The van der Waals surface area contributed by atoms with Crippen molar-refractivity contribution in [2.24, 2.45) is 0 Å². The molecule has 0 radical (unpaired) electrons. The van der Waals surface area contributed by atoms with Crippen LogP contribution in [0.25, 0.3) is 10.9 Å². The Balaban J connectivity index is 1.86. The largest absolute Gasteiger partial charge is 0.381 e. The summed E-state index contributed by atoms with van der Waals surface area (Å²) < 4.78 is 0. The summed E-state index contributed by atoms with van der Waals surface area (Å²) in [6.07, 6.45) is 3.52. The molecule has 0 saturated heterocycles. The van der Waals surface area contributed by atoms with Gasteiger partial charge >= 0.3 is 0 Å². The molecule has 0 bridgehead atoms. The molecule has 1 aromatic carbocycles. The van der Waals surface area contributed by atoms with Crippen LogP contribution < -0.4 is 5.32 Å². The molecule has 3 aromatic rings. The summed E-state index contributed by atoms with van der Waals surface area (Å²) in [6, 6.07) is 13.9. The number of halogens is 1. The second-order valence-electron chi connectivity index (χ2n) is 4.21. The predicted molar refractivity (Wildman–Crippen MR) is 78.3 cm³/mol. The molecule has 0 saturated carbocycles. The molecule has 0 atom stereocenters. The zero-order valence-electron chi connectivity index (χ0n) is 10.2. The number of nitrogens with zero attached hydrogens (tertiary/aromatic N) is 2. The van der Waals surface area contributed by atoms with E-state index in [2.05, 4.69) is 21.4 Å². The highest BCUT2D eigenvalue weighted by Gasteiger charge is 2.01. The van der Waals surface area contributed by atoms with Crippen LogP contribution in [0.4, 0.5) is 5.69 Å². The lowest BCUT2D eigenvalue weighted by Gasteiger charge is -2.09. The van der Waals surface area contributed by atoms with Crippen molar-refractivity contribution in [2.75, 3.05) is 5.32 Å². The SMILES string of the molecule is Clc1cc(NCc2ccnc3ccccc23)ccn1. The van der Waals surface area contributed by atoms with E-state index in [0.717, 1.165) is 23.1 Å². The molecule has 19 heavy (non-hydrogen) atoms. The minimum Gasteiger partial charge on any atom is -0.381 e. The molecule has 1 N–H and O–H groups in total. The van der Waals surface area contributed by atoms with E-state index in [1.165, 1.54) is 5.56 Å². The fraction of sp³-hybridized carbons (Fsp3) is 0.0667. The Morgan fingerprint density at radius 2 is 1.84 bits per heavy atom. The molecule has 0 aliphatic heterocycles. The molecule has 94 valence electrons. The van der Waals surface area contributed by atoms with Crippen molar-refractivity contribution in [3.63, 3.8) is 0 Å². The molecule has 0 aliphatic carbocycles. The van der Waals surface area contributed by atoms with Crippen LogP contribution in [0.5, 0.6) is 0 Å². The fourth-order valence-corrected chi connectivity index (χ4v) is 2.19. The number of para-hydroxylation sites is 1. The van der Waals surface area contributed by atoms with E-state index < -0.39 is 0 Å². The Kier molecular flexibility index (Phi) is 3.29. The van der Waals surface area contributed by atoms with Gasteiger partial charge in [0.15, 0.2) is 0 Å². The van der Waals surface area contributed by atoms with Crippen molar-refractivity contribution in [1.29, 1.82) is 0 Å². The Hall–Kier alpha value is -2.13. The molecular weight excluding hydrogens is 258 g/mol. The van der Waals surface area contributed by atoms with Crippen molar-refractivity contribution < 1.29 is 0 Å². The Labute approximate surface area is 116 Å². The van der Waals surface area contributed by atoms with E-state index in [-0.39, 0.29) is 0 Å². The first-order chi connectivity index (χ1) is 9.33. The van der Waals surface area contributed by atoms with Crippen LogP contribution in [0.2, 0.25) is 5.15 Å². The summed E-state index contributed by atoms with van der Waals surface area (Å²) in [5, 5.41) is 5.00. The smallest absolute Gasteiger partial charge is 0.131 e. The molecule has 3 nitrogen and oxygen atoms in total. The third-order valence-corrected chi connectivity index (χ3v) is 3.16. The molecule has 0 amide bonds. The topological polar surface area (TPSA) is 37.8 Å². The molecule has 3 rings (SSSR count). The summed E-state index contributed by atoms with van der Waals surface area (Å²) in [5.74, 6) is 0. The molecule has 0 fully saturated rings. The maximum absolute atomic E-state index is 5.86. The standard InChI is InChI=1S/C15H12ClN3/c16-15-9-12(6-8-18-15)19-10-11-5-7-17-14-4-2-1-3-13(11)14/h1-9H,10H2,(H,18,19). The normalized spacial score (nSPS) is 10.6. The van der Waals surface area contributed by atoms with Gasteiger partial charge in [-0.2, -0.15) is 0 Å². The van der Waals surface area contributed by atoms with Crippen LogP contribution in [0.3, 0.4) is 0 Å². The van der Waals surface area contributed by atoms with Crippen molar-refractivity contribution in [1.82, 2.24) is 9.97 Å². The minimum absolute atomic E-state index is 0.490. The van der Waals surface area contributed by atoms with Gasteiger partial charge in [0, 0.05) is 30.0 Å². The van der Waals surface area contributed by atoms with Crippen LogP contribution in [0, 0.1) is 0 Å². The summed E-state index contributed by atoms with van der Waals surface area (Å²) in [6.45, 7) is 0.726. The average molecular weight is 270 g/mol. The Morgan fingerprint density at radius 3 is 2.74 bits per heavy atom. The van der Waals surface area contributed by atoms with Gasteiger partial charge in [0.25, 0.3) is 0 Å². The second kappa shape index (κ2) is 5.24. The van der Waals surface area contributed by atoms with Crippen molar-refractivity contribution in [3.05, 3.63) is 65.6 Å². The lowest BCUT2D eigenvalue weighted by molar-refractivity contribution is 1.15. The molecule has 2 heterocycles. The number of pyridine rings is 2. The predicted octanol–water partition coefficient (Wildman–Crippen LogP) is 3.90. The van der Waals surface area contributed by atoms with Crippen molar-refractivity contribution >= 4 is 28.2 Å². The first-order valence-corrected chi connectivity index (χ1v) is 6.39. The number of benzene rings is 1. The second-order valence-corrected chi connectivity index (χ2v) is 4.60. The summed E-state index contributed by atoms with van der Waals surface area (Å²) in [7, 11) is 0. The van der Waals surface area contributed by atoms with Gasteiger partial charge in [-0.3, -0.25) is 4.98 Å². The van der Waals surface area contributed by atoms with E-state index in [0.29, 0.717) is 5.15 Å². The van der Waals surface area contributed by atoms with Crippen LogP contribution in [0.1, 0.15) is 5.56 Å². The number of anilines is 1. The highest BCUT2D eigenvalue weighted by molar-refractivity contribution is 6.29. The van der Waals surface area contributed by atoms with E-state index in [4.69, 9.17) is 11.6 Å². The van der Waals surface area contributed by atoms with Crippen LogP contribution in [-0.2, 0) is 6.54 Å². The number of fused-ring (bicyclic) bond motifs is 1. The van der Waals surface area contributed by atoms with Crippen molar-refractivity contribution in [3.8, 4) is 0 Å². The highest BCUT2D eigenvalue weighted by Crippen LogP contribution is 2.18. The zero-order valence-corrected chi connectivity index (χ0v) is 10.9. The van der Waals surface area contributed by atoms with E-state index in [1.54, 1.807) is 6.20 Å². The first-order valence-electron chi connectivity index (χ1n) is 6.01. The summed E-state index contributed by atoms with van der Waals surface area (Å²) in [4.78, 5) is 8.31. The molecule has 0 spiro atoms. The van der Waals surface area contributed by atoms with Gasteiger partial charge in [0.05, 0.1) is 5.52 Å². The van der Waals surface area contributed by atoms with Crippen LogP contribution >= 0.6 is 11.6 Å². The lowest BCUT2D eigenvalue weighted by atomic mass is 10.1.